The Kier molecular flexibility index (Phi) is 2.46. The van der Waals surface area contributed by atoms with Crippen LogP contribution in [0.4, 0.5) is 5.69 Å². The van der Waals surface area contributed by atoms with Gasteiger partial charge in [-0.3, -0.25) is 0 Å². The fourth-order valence-electron chi connectivity index (χ4n) is 1.80. The molecule has 0 amide bonds. The Labute approximate surface area is 85.9 Å². The van der Waals surface area contributed by atoms with Crippen LogP contribution in [0.15, 0.2) is 18.2 Å². The summed E-state index contributed by atoms with van der Waals surface area (Å²) in [7, 11) is 3.98. The van der Waals surface area contributed by atoms with E-state index in [0.717, 1.165) is 5.92 Å². The van der Waals surface area contributed by atoms with E-state index in [4.69, 9.17) is 0 Å². The molecule has 1 aliphatic rings. The Hall–Kier alpha value is -1.02. The van der Waals surface area contributed by atoms with Gasteiger partial charge < -0.3 is 5.01 Å². The number of rotatable bonds is 3. The summed E-state index contributed by atoms with van der Waals surface area (Å²) in [6.07, 6.45) is 2.74. The minimum atomic E-state index is 0.834. The molecule has 0 aromatic heterocycles. The lowest BCUT2D eigenvalue weighted by molar-refractivity contribution is 0.790. The molecular weight excluding hydrogens is 172 g/mol. The molecule has 1 aromatic rings. The minimum absolute atomic E-state index is 0.834. The van der Waals surface area contributed by atoms with E-state index >= 15 is 0 Å². The summed E-state index contributed by atoms with van der Waals surface area (Å²) in [6, 6.07) is 6.69. The van der Waals surface area contributed by atoms with Crippen molar-refractivity contribution < 1.29 is 0 Å². The molecule has 0 atom stereocenters. The highest BCUT2D eigenvalue weighted by atomic mass is 15.5. The number of hydrogen-bond acceptors (Lipinski definition) is 2. The summed E-state index contributed by atoms with van der Waals surface area (Å²) in [6.45, 7) is 2.21. The van der Waals surface area contributed by atoms with Gasteiger partial charge >= 0.3 is 0 Å². The van der Waals surface area contributed by atoms with E-state index in [1.807, 2.05) is 19.1 Å². The van der Waals surface area contributed by atoms with Crippen molar-refractivity contribution >= 4 is 5.69 Å². The Morgan fingerprint density at radius 2 is 2.07 bits per heavy atom. The van der Waals surface area contributed by atoms with Gasteiger partial charge in [0.25, 0.3) is 0 Å². The van der Waals surface area contributed by atoms with E-state index in [0.29, 0.717) is 0 Å². The molecule has 1 N–H and O–H groups in total. The van der Waals surface area contributed by atoms with Crippen molar-refractivity contribution in [1.82, 2.24) is 5.43 Å². The first-order valence-corrected chi connectivity index (χ1v) is 5.24. The number of nitrogens with one attached hydrogen (secondary N) is 1. The molecule has 1 aromatic carbocycles. The third-order valence-corrected chi connectivity index (χ3v) is 3.00. The van der Waals surface area contributed by atoms with Gasteiger partial charge in [0.1, 0.15) is 0 Å². The van der Waals surface area contributed by atoms with Gasteiger partial charge in [-0.25, -0.2) is 5.43 Å². The van der Waals surface area contributed by atoms with Crippen molar-refractivity contribution in [3.63, 3.8) is 0 Å². The molecule has 0 bridgehead atoms. The normalized spacial score (nSPS) is 15.6. The molecule has 14 heavy (non-hydrogen) atoms. The number of hydrogen-bond donors (Lipinski definition) is 1. The van der Waals surface area contributed by atoms with Gasteiger partial charge in [0, 0.05) is 14.1 Å². The molecular formula is C12H18N2. The number of hydrazine groups is 1. The summed E-state index contributed by atoms with van der Waals surface area (Å²) in [5.41, 5.74) is 7.33. The largest absolute Gasteiger partial charge is 0.312 e. The molecule has 0 unspecified atom stereocenters. The molecule has 2 nitrogen and oxygen atoms in total. The quantitative estimate of drug-likeness (QED) is 0.736. The maximum absolute atomic E-state index is 3.12. The van der Waals surface area contributed by atoms with Crippen LogP contribution in [0.25, 0.3) is 0 Å². The average Bonchev–Trinajstić information content (AvgIpc) is 3.01. The van der Waals surface area contributed by atoms with Crippen LogP contribution in [0, 0.1) is 6.92 Å². The molecule has 0 saturated heterocycles. The summed E-state index contributed by atoms with van der Waals surface area (Å²) in [4.78, 5) is 0. The summed E-state index contributed by atoms with van der Waals surface area (Å²) in [5.74, 6) is 0.834. The van der Waals surface area contributed by atoms with E-state index in [9.17, 15) is 0 Å². The maximum Gasteiger partial charge on any atom is 0.0519 e. The van der Waals surface area contributed by atoms with Gasteiger partial charge in [0.05, 0.1) is 5.69 Å². The van der Waals surface area contributed by atoms with Crippen molar-refractivity contribution in [1.29, 1.82) is 0 Å². The van der Waals surface area contributed by atoms with Crippen LogP contribution in [-0.2, 0) is 0 Å². The summed E-state index contributed by atoms with van der Waals surface area (Å²) >= 11 is 0. The maximum atomic E-state index is 3.12. The van der Waals surface area contributed by atoms with Gasteiger partial charge in [-0.15, -0.1) is 0 Å². The van der Waals surface area contributed by atoms with Crippen LogP contribution in [0.5, 0.6) is 0 Å². The summed E-state index contributed by atoms with van der Waals surface area (Å²) < 4.78 is 0. The van der Waals surface area contributed by atoms with Crippen LogP contribution in [-0.4, -0.2) is 14.1 Å². The van der Waals surface area contributed by atoms with E-state index in [-0.39, 0.29) is 0 Å². The second-order valence-corrected chi connectivity index (χ2v) is 4.10. The molecule has 0 spiro atoms. The van der Waals surface area contributed by atoms with Crippen molar-refractivity contribution in [2.75, 3.05) is 19.1 Å². The first-order chi connectivity index (χ1) is 6.72. The molecule has 2 rings (SSSR count). The second-order valence-electron chi connectivity index (χ2n) is 4.10. The van der Waals surface area contributed by atoms with Gasteiger partial charge in [0.2, 0.25) is 0 Å². The fraction of sp³-hybridized carbons (Fsp3) is 0.500. The Balaban J connectivity index is 2.30. The van der Waals surface area contributed by atoms with E-state index in [1.165, 1.54) is 29.7 Å². The lowest BCUT2D eigenvalue weighted by Gasteiger charge is -2.19. The number of benzene rings is 1. The van der Waals surface area contributed by atoms with E-state index in [1.54, 1.807) is 0 Å². The summed E-state index contributed by atoms with van der Waals surface area (Å²) in [5, 5.41) is 2.05. The van der Waals surface area contributed by atoms with Crippen LogP contribution < -0.4 is 10.4 Å². The fourth-order valence-corrected chi connectivity index (χ4v) is 1.80. The first kappa shape index (κ1) is 9.53. The number of anilines is 1. The van der Waals surface area contributed by atoms with Crippen molar-refractivity contribution in [2.45, 2.75) is 25.7 Å². The van der Waals surface area contributed by atoms with Gasteiger partial charge in [-0.05, 0) is 48.9 Å². The Morgan fingerprint density at radius 3 is 2.64 bits per heavy atom. The average molecular weight is 190 g/mol. The minimum Gasteiger partial charge on any atom is -0.312 e. The molecule has 0 radical (unpaired) electrons. The Bertz CT molecular complexity index is 329. The number of nitrogens with zero attached hydrogens (tertiary/aromatic N) is 1. The second kappa shape index (κ2) is 3.62. The van der Waals surface area contributed by atoms with E-state index in [2.05, 4.69) is 30.5 Å². The first-order valence-electron chi connectivity index (χ1n) is 5.24. The highest BCUT2D eigenvalue weighted by Crippen LogP contribution is 2.42. The van der Waals surface area contributed by atoms with Crippen molar-refractivity contribution in [3.8, 4) is 0 Å². The Morgan fingerprint density at radius 1 is 1.36 bits per heavy atom. The molecule has 0 heterocycles. The van der Waals surface area contributed by atoms with Crippen molar-refractivity contribution in [3.05, 3.63) is 29.3 Å². The third-order valence-electron chi connectivity index (χ3n) is 3.00. The van der Waals surface area contributed by atoms with Crippen molar-refractivity contribution in [2.24, 2.45) is 0 Å². The highest BCUT2D eigenvalue weighted by molar-refractivity contribution is 5.51. The lowest BCUT2D eigenvalue weighted by Crippen LogP contribution is -2.30. The van der Waals surface area contributed by atoms with Crippen LogP contribution in [0.1, 0.15) is 29.9 Å². The monoisotopic (exact) mass is 190 g/mol. The number of aryl methyl sites for hydroxylation is 1. The van der Waals surface area contributed by atoms with Crippen LogP contribution >= 0.6 is 0 Å². The van der Waals surface area contributed by atoms with Gasteiger partial charge in [-0.2, -0.15) is 0 Å². The molecule has 76 valence electrons. The smallest absolute Gasteiger partial charge is 0.0519 e. The highest BCUT2D eigenvalue weighted by Gasteiger charge is 2.25. The molecule has 1 saturated carbocycles. The lowest BCUT2D eigenvalue weighted by atomic mass is 10.0. The zero-order valence-corrected chi connectivity index (χ0v) is 9.17. The third kappa shape index (κ3) is 1.75. The van der Waals surface area contributed by atoms with Gasteiger partial charge in [-0.1, -0.05) is 6.07 Å². The molecule has 1 aliphatic carbocycles. The predicted octanol–water partition coefficient (Wildman–Crippen LogP) is 2.44. The topological polar surface area (TPSA) is 15.3 Å². The molecule has 1 fully saturated rings. The van der Waals surface area contributed by atoms with Crippen LogP contribution in [0.3, 0.4) is 0 Å². The molecule has 0 aliphatic heterocycles. The van der Waals surface area contributed by atoms with E-state index < -0.39 is 0 Å². The van der Waals surface area contributed by atoms with Gasteiger partial charge in [0.15, 0.2) is 0 Å². The molecule has 2 heteroatoms. The predicted molar refractivity (Wildman–Crippen MR) is 60.6 cm³/mol. The SMILES string of the molecule is CNN(C)c1ccc(C)c(C2CC2)c1. The standard InChI is InChI=1S/C12H18N2/c1-9-4-7-11(14(3)13-2)8-12(9)10-5-6-10/h4,7-8,10,13H,5-6H2,1-3H3. The van der Waals surface area contributed by atoms with Crippen LogP contribution in [0.2, 0.25) is 0 Å². The zero-order chi connectivity index (χ0) is 10.1. The zero-order valence-electron chi connectivity index (χ0n) is 9.17.